The second kappa shape index (κ2) is 6.74. The quantitative estimate of drug-likeness (QED) is 0.452. The molecule has 0 aromatic heterocycles. The smallest absolute Gasteiger partial charge is 0.434 e. The van der Waals surface area contributed by atoms with Crippen LogP contribution in [0.15, 0.2) is 18.2 Å². The van der Waals surface area contributed by atoms with Gasteiger partial charge in [-0.05, 0) is 12.1 Å². The van der Waals surface area contributed by atoms with Gasteiger partial charge in [0.15, 0.2) is 5.78 Å². The molecule has 0 heterocycles. The van der Waals surface area contributed by atoms with Crippen LogP contribution in [0.4, 0.5) is 22.0 Å². The molecule has 0 aliphatic carbocycles. The fraction of sp³-hybridized carbons (Fsp3) is 0.364. The van der Waals surface area contributed by atoms with Gasteiger partial charge in [-0.15, -0.1) is 24.8 Å². The lowest BCUT2D eigenvalue weighted by atomic mass is 10.1. The summed E-state index contributed by atoms with van der Waals surface area (Å²) in [5, 5.41) is 0. The van der Waals surface area contributed by atoms with E-state index in [0.717, 1.165) is 18.2 Å². The van der Waals surface area contributed by atoms with Crippen molar-refractivity contribution < 1.29 is 36.2 Å². The maximum absolute atomic E-state index is 12.2. The fourth-order valence-electron chi connectivity index (χ4n) is 1.40. The van der Waals surface area contributed by atoms with Crippen LogP contribution in [0.1, 0.15) is 16.8 Å². The summed E-state index contributed by atoms with van der Waals surface area (Å²) in [6.07, 6.45) is -5.42. The van der Waals surface area contributed by atoms with Crippen LogP contribution in [0.5, 0.6) is 11.5 Å². The second-order valence-corrected chi connectivity index (χ2v) is 3.80. The molecule has 0 unspecified atom stereocenters. The maximum atomic E-state index is 12.2. The van der Waals surface area contributed by atoms with Gasteiger partial charge >= 0.3 is 13.0 Å². The lowest BCUT2D eigenvalue weighted by molar-refractivity contribution is -0.274. The van der Waals surface area contributed by atoms with Crippen LogP contribution in [0, 0.1) is 0 Å². The van der Waals surface area contributed by atoms with Gasteiger partial charge in [0.2, 0.25) is 0 Å². The van der Waals surface area contributed by atoms with Crippen molar-refractivity contribution in [2.45, 2.75) is 19.4 Å². The third-order valence-electron chi connectivity index (χ3n) is 2.03. The van der Waals surface area contributed by atoms with Crippen molar-refractivity contribution >= 4 is 17.4 Å². The highest BCUT2D eigenvalue weighted by molar-refractivity contribution is 6.20. The van der Waals surface area contributed by atoms with Crippen LogP contribution in [-0.4, -0.2) is 24.6 Å². The predicted octanol–water partition coefficient (Wildman–Crippen LogP) is 4.00. The van der Waals surface area contributed by atoms with E-state index in [1.165, 1.54) is 0 Å². The Morgan fingerprint density at radius 2 is 1.85 bits per heavy atom. The van der Waals surface area contributed by atoms with Crippen LogP contribution in [0.3, 0.4) is 0 Å². The predicted molar refractivity (Wildman–Crippen MR) is 59.4 cm³/mol. The Morgan fingerprint density at radius 1 is 1.25 bits per heavy atom. The Hall–Kier alpha value is -1.57. The molecule has 0 spiro atoms. The van der Waals surface area contributed by atoms with Crippen LogP contribution in [-0.2, 0) is 0 Å². The summed E-state index contributed by atoms with van der Waals surface area (Å²) < 4.78 is 68.7. The summed E-state index contributed by atoms with van der Waals surface area (Å²) in [4.78, 5) is 11.7. The number of alkyl halides is 6. The number of Topliss-reactive ketones (excluding diaryl/α,β-unsaturated/α-hetero) is 1. The number of hydrogen-bond donors (Lipinski definition) is 0. The van der Waals surface area contributed by atoms with Crippen LogP contribution >= 0.6 is 11.6 Å². The third-order valence-corrected chi connectivity index (χ3v) is 2.22. The Kier molecular flexibility index (Phi) is 5.55. The van der Waals surface area contributed by atoms with Gasteiger partial charge in [-0.2, -0.15) is 8.78 Å². The standard InChI is InChI=1S/C11H8ClF5O3/c12-5-4-6(18)9-7(19-10(13)14)2-1-3-8(9)20-11(15,16)17/h1-3,10H,4-5H2. The van der Waals surface area contributed by atoms with E-state index < -0.39 is 35.8 Å². The Balaban J connectivity index is 3.24. The van der Waals surface area contributed by atoms with Crippen molar-refractivity contribution in [3.05, 3.63) is 23.8 Å². The number of halogens is 6. The average molecular weight is 319 g/mol. The highest BCUT2D eigenvalue weighted by atomic mass is 35.5. The number of benzene rings is 1. The van der Waals surface area contributed by atoms with Gasteiger partial charge in [0.05, 0.1) is 0 Å². The minimum Gasteiger partial charge on any atom is -0.434 e. The van der Waals surface area contributed by atoms with Crippen molar-refractivity contribution in [2.75, 3.05) is 5.88 Å². The van der Waals surface area contributed by atoms with Crippen molar-refractivity contribution in [2.24, 2.45) is 0 Å². The summed E-state index contributed by atoms with van der Waals surface area (Å²) in [5.41, 5.74) is -0.717. The van der Waals surface area contributed by atoms with Crippen molar-refractivity contribution in [3.8, 4) is 11.5 Å². The number of ether oxygens (including phenoxy) is 2. The largest absolute Gasteiger partial charge is 0.573 e. The molecule has 0 radical (unpaired) electrons. The summed E-state index contributed by atoms with van der Waals surface area (Å²) in [6.45, 7) is -3.29. The summed E-state index contributed by atoms with van der Waals surface area (Å²) in [6, 6.07) is 2.76. The second-order valence-electron chi connectivity index (χ2n) is 3.42. The van der Waals surface area contributed by atoms with E-state index in [1.54, 1.807) is 0 Å². The van der Waals surface area contributed by atoms with Gasteiger partial charge in [-0.1, -0.05) is 6.07 Å². The molecule has 1 aromatic rings. The first-order valence-electron chi connectivity index (χ1n) is 5.17. The Morgan fingerprint density at radius 3 is 2.35 bits per heavy atom. The normalized spacial score (nSPS) is 11.6. The molecule has 0 fully saturated rings. The number of ketones is 1. The van der Waals surface area contributed by atoms with Gasteiger partial charge in [0, 0.05) is 12.3 Å². The van der Waals surface area contributed by atoms with E-state index in [4.69, 9.17) is 11.6 Å². The minimum absolute atomic E-state index is 0.187. The fourth-order valence-corrected chi connectivity index (χ4v) is 1.57. The van der Waals surface area contributed by atoms with E-state index >= 15 is 0 Å². The molecule has 0 aliphatic heterocycles. The molecule has 0 atom stereocenters. The summed E-state index contributed by atoms with van der Waals surface area (Å²) in [5.74, 6) is -2.69. The molecule has 0 N–H and O–H groups in total. The number of rotatable bonds is 6. The lowest BCUT2D eigenvalue weighted by Crippen LogP contribution is -2.20. The summed E-state index contributed by atoms with van der Waals surface area (Å²) >= 11 is 5.32. The van der Waals surface area contributed by atoms with Gasteiger partial charge in [0.1, 0.15) is 17.1 Å². The van der Waals surface area contributed by atoms with E-state index in [-0.39, 0.29) is 12.3 Å². The molecule has 1 aromatic carbocycles. The van der Waals surface area contributed by atoms with E-state index in [0.29, 0.717) is 0 Å². The van der Waals surface area contributed by atoms with Gasteiger partial charge in [-0.25, -0.2) is 0 Å². The lowest BCUT2D eigenvalue weighted by Gasteiger charge is -2.15. The zero-order valence-electron chi connectivity index (χ0n) is 9.72. The van der Waals surface area contributed by atoms with Gasteiger partial charge in [0.25, 0.3) is 0 Å². The van der Waals surface area contributed by atoms with Crippen LogP contribution in [0.2, 0.25) is 0 Å². The van der Waals surface area contributed by atoms with Crippen molar-refractivity contribution in [3.63, 3.8) is 0 Å². The monoisotopic (exact) mass is 318 g/mol. The first-order chi connectivity index (χ1) is 9.24. The molecule has 20 heavy (non-hydrogen) atoms. The summed E-state index contributed by atoms with van der Waals surface area (Å²) in [7, 11) is 0. The van der Waals surface area contributed by atoms with E-state index in [9.17, 15) is 26.7 Å². The zero-order chi connectivity index (χ0) is 15.3. The van der Waals surface area contributed by atoms with Crippen molar-refractivity contribution in [1.82, 2.24) is 0 Å². The molecular weight excluding hydrogens is 311 g/mol. The Bertz CT molecular complexity index is 476. The molecule has 0 saturated heterocycles. The minimum atomic E-state index is -5.07. The van der Waals surface area contributed by atoms with Gasteiger partial charge in [-0.3, -0.25) is 4.79 Å². The molecule has 0 saturated carbocycles. The Labute approximate surface area is 115 Å². The van der Waals surface area contributed by atoms with Crippen LogP contribution in [0.25, 0.3) is 0 Å². The molecule has 0 aliphatic rings. The van der Waals surface area contributed by atoms with E-state index in [1.807, 2.05) is 0 Å². The number of carbonyl (C=O) groups excluding carboxylic acids is 1. The first kappa shape index (κ1) is 16.5. The average Bonchev–Trinajstić information content (AvgIpc) is 2.26. The van der Waals surface area contributed by atoms with Gasteiger partial charge < -0.3 is 9.47 Å². The highest BCUT2D eigenvalue weighted by Crippen LogP contribution is 2.34. The topological polar surface area (TPSA) is 35.5 Å². The molecule has 3 nitrogen and oxygen atoms in total. The first-order valence-corrected chi connectivity index (χ1v) is 5.70. The molecule has 1 rings (SSSR count). The molecule has 112 valence electrons. The maximum Gasteiger partial charge on any atom is 0.573 e. The molecular formula is C11H8ClF5O3. The molecule has 0 bridgehead atoms. The SMILES string of the molecule is O=C(CCCl)c1c(OC(F)F)cccc1OC(F)(F)F. The van der Waals surface area contributed by atoms with Crippen molar-refractivity contribution in [1.29, 1.82) is 0 Å². The zero-order valence-corrected chi connectivity index (χ0v) is 10.5. The number of hydrogen-bond acceptors (Lipinski definition) is 3. The molecule has 0 amide bonds. The number of carbonyl (C=O) groups is 1. The third kappa shape index (κ3) is 4.84. The highest BCUT2D eigenvalue weighted by Gasteiger charge is 2.34. The molecule has 9 heteroatoms. The van der Waals surface area contributed by atoms with Crippen LogP contribution < -0.4 is 9.47 Å². The van der Waals surface area contributed by atoms with E-state index in [2.05, 4.69) is 9.47 Å².